The predicted octanol–water partition coefficient (Wildman–Crippen LogP) is 1.93. The van der Waals surface area contributed by atoms with Crippen LogP contribution in [-0.2, 0) is 0 Å². The molecule has 0 aliphatic carbocycles. The molecule has 0 saturated carbocycles. The summed E-state index contributed by atoms with van der Waals surface area (Å²) < 4.78 is 0. The van der Waals surface area contributed by atoms with E-state index in [1.54, 1.807) is 24.3 Å². The fourth-order valence-corrected chi connectivity index (χ4v) is 1.30. The van der Waals surface area contributed by atoms with Crippen LogP contribution in [0.2, 0.25) is 0 Å². The second-order valence-corrected chi connectivity index (χ2v) is 3.86. The van der Waals surface area contributed by atoms with Crippen molar-refractivity contribution in [3.8, 4) is 0 Å². The lowest BCUT2D eigenvalue weighted by Gasteiger charge is -1.93. The van der Waals surface area contributed by atoms with Crippen molar-refractivity contribution < 1.29 is 19.8 Å². The average Bonchev–Trinajstić information content (AvgIpc) is 2.40. The summed E-state index contributed by atoms with van der Waals surface area (Å²) >= 11 is 0. The highest BCUT2D eigenvalue weighted by Gasteiger charge is 2.00. The molecule has 104 valence electrons. The van der Waals surface area contributed by atoms with E-state index >= 15 is 0 Å². The monoisotopic (exact) mass is 274 g/mol. The van der Waals surface area contributed by atoms with Crippen LogP contribution >= 0.6 is 0 Å². The lowest BCUT2D eigenvalue weighted by Crippen LogP contribution is -1.96. The number of rotatable bonds is 2. The Morgan fingerprint density at radius 3 is 1.70 bits per heavy atom. The van der Waals surface area contributed by atoms with Crippen molar-refractivity contribution in [1.29, 1.82) is 0 Å². The Morgan fingerprint density at radius 1 is 0.750 bits per heavy atom. The van der Waals surface area contributed by atoms with Crippen LogP contribution < -0.4 is 11.5 Å². The van der Waals surface area contributed by atoms with E-state index in [9.17, 15) is 9.59 Å². The topological polar surface area (TPSA) is 127 Å². The Labute approximate surface area is 115 Å². The van der Waals surface area contributed by atoms with Gasteiger partial charge in [0.15, 0.2) is 0 Å². The molecule has 0 aliphatic rings. The third kappa shape index (κ3) is 4.69. The van der Waals surface area contributed by atoms with E-state index in [4.69, 9.17) is 21.7 Å². The Bertz CT molecular complexity index is 609. The van der Waals surface area contributed by atoms with Gasteiger partial charge in [0.25, 0.3) is 0 Å². The fourth-order valence-electron chi connectivity index (χ4n) is 1.30. The maximum Gasteiger partial charge on any atom is 0.335 e. The molecule has 0 spiro atoms. The van der Waals surface area contributed by atoms with E-state index in [0.29, 0.717) is 11.4 Å². The van der Waals surface area contributed by atoms with Gasteiger partial charge in [-0.05, 0) is 42.5 Å². The summed E-state index contributed by atoms with van der Waals surface area (Å²) in [4.78, 5) is 20.6. The standard InChI is InChI=1S/2C7H7NO2/c8-6-3-1-5(2-4-6)7(9)10;8-6-3-1-2-5(4-6)7(9)10/h2*1-4H,8H2,(H,9,10). The number of carboxylic acid groups (broad SMARTS) is 2. The minimum atomic E-state index is -0.952. The third-order valence-corrected chi connectivity index (χ3v) is 2.29. The van der Waals surface area contributed by atoms with Crippen LogP contribution in [0, 0.1) is 0 Å². The lowest BCUT2D eigenvalue weighted by molar-refractivity contribution is 0.0686. The normalized spacial score (nSPS) is 9.20. The van der Waals surface area contributed by atoms with Crippen molar-refractivity contribution in [3.63, 3.8) is 0 Å². The van der Waals surface area contributed by atoms with Gasteiger partial charge in [-0.25, -0.2) is 9.59 Å². The van der Waals surface area contributed by atoms with E-state index in [2.05, 4.69) is 0 Å². The summed E-state index contributed by atoms with van der Waals surface area (Å²) in [5.74, 6) is -1.88. The number of hydrogen-bond acceptors (Lipinski definition) is 4. The van der Waals surface area contributed by atoms with Crippen LogP contribution in [0.3, 0.4) is 0 Å². The average molecular weight is 274 g/mol. The van der Waals surface area contributed by atoms with Gasteiger partial charge in [-0.15, -0.1) is 0 Å². The maximum atomic E-state index is 10.3. The zero-order chi connectivity index (χ0) is 15.1. The van der Waals surface area contributed by atoms with Gasteiger partial charge in [0.05, 0.1) is 11.1 Å². The van der Waals surface area contributed by atoms with Crippen molar-refractivity contribution in [2.75, 3.05) is 11.5 Å². The lowest BCUT2D eigenvalue weighted by atomic mass is 10.2. The van der Waals surface area contributed by atoms with Crippen molar-refractivity contribution in [3.05, 3.63) is 59.7 Å². The van der Waals surface area contributed by atoms with E-state index in [-0.39, 0.29) is 11.1 Å². The molecule has 6 N–H and O–H groups in total. The van der Waals surface area contributed by atoms with Crippen LogP contribution in [0.5, 0.6) is 0 Å². The smallest absolute Gasteiger partial charge is 0.335 e. The minimum absolute atomic E-state index is 0.222. The summed E-state index contributed by atoms with van der Waals surface area (Å²) in [5, 5.41) is 16.9. The molecule has 0 aromatic heterocycles. The highest BCUT2D eigenvalue weighted by atomic mass is 16.4. The molecular weight excluding hydrogens is 260 g/mol. The SMILES string of the molecule is Nc1ccc(C(=O)O)cc1.Nc1cccc(C(=O)O)c1. The van der Waals surface area contributed by atoms with Gasteiger partial charge < -0.3 is 21.7 Å². The fraction of sp³-hybridized carbons (Fsp3) is 0. The van der Waals surface area contributed by atoms with Crippen molar-refractivity contribution in [1.82, 2.24) is 0 Å². The van der Waals surface area contributed by atoms with Crippen molar-refractivity contribution >= 4 is 23.3 Å². The van der Waals surface area contributed by atoms with Crippen LogP contribution in [0.1, 0.15) is 20.7 Å². The Balaban J connectivity index is 0.000000200. The highest BCUT2D eigenvalue weighted by Crippen LogP contribution is 2.05. The molecule has 0 amide bonds. The second kappa shape index (κ2) is 6.79. The van der Waals surface area contributed by atoms with Gasteiger partial charge in [-0.1, -0.05) is 6.07 Å². The number of nitrogen functional groups attached to an aromatic ring is 2. The van der Waals surface area contributed by atoms with Crippen molar-refractivity contribution in [2.24, 2.45) is 0 Å². The highest BCUT2D eigenvalue weighted by molar-refractivity contribution is 5.88. The molecule has 0 radical (unpaired) electrons. The molecule has 0 aliphatic heterocycles. The third-order valence-electron chi connectivity index (χ3n) is 2.29. The van der Waals surface area contributed by atoms with Gasteiger partial charge in [-0.3, -0.25) is 0 Å². The molecule has 0 bridgehead atoms. The van der Waals surface area contributed by atoms with Crippen LogP contribution in [-0.4, -0.2) is 22.2 Å². The van der Waals surface area contributed by atoms with E-state index < -0.39 is 11.9 Å². The Kier molecular flexibility index (Phi) is 5.11. The van der Waals surface area contributed by atoms with Gasteiger partial charge in [-0.2, -0.15) is 0 Å². The predicted molar refractivity (Wildman–Crippen MR) is 75.6 cm³/mol. The number of hydrogen-bond donors (Lipinski definition) is 4. The molecule has 0 unspecified atom stereocenters. The zero-order valence-electron chi connectivity index (χ0n) is 10.5. The van der Waals surface area contributed by atoms with E-state index in [1.165, 1.54) is 24.3 Å². The molecule has 6 nitrogen and oxygen atoms in total. The number of aromatic carboxylic acids is 2. The molecule has 2 aromatic carbocycles. The second-order valence-electron chi connectivity index (χ2n) is 3.86. The molecule has 0 saturated heterocycles. The molecule has 0 heterocycles. The first-order valence-corrected chi connectivity index (χ1v) is 5.58. The maximum absolute atomic E-state index is 10.3. The molecule has 2 aromatic rings. The van der Waals surface area contributed by atoms with Gasteiger partial charge in [0, 0.05) is 11.4 Å². The Hall–Kier alpha value is -3.02. The molecular formula is C14H14N2O4. The summed E-state index contributed by atoms with van der Waals surface area (Å²) in [6, 6.07) is 12.2. The number of anilines is 2. The summed E-state index contributed by atoms with van der Waals surface area (Å²) in [5.41, 5.74) is 12.2. The van der Waals surface area contributed by atoms with E-state index in [1.807, 2.05) is 0 Å². The first-order chi connectivity index (χ1) is 9.40. The van der Waals surface area contributed by atoms with Crippen LogP contribution in [0.4, 0.5) is 11.4 Å². The number of carbonyl (C=O) groups is 2. The van der Waals surface area contributed by atoms with Crippen LogP contribution in [0.15, 0.2) is 48.5 Å². The number of benzene rings is 2. The largest absolute Gasteiger partial charge is 0.478 e. The quantitative estimate of drug-likeness (QED) is 0.620. The minimum Gasteiger partial charge on any atom is -0.478 e. The molecule has 0 atom stereocenters. The van der Waals surface area contributed by atoms with Crippen molar-refractivity contribution in [2.45, 2.75) is 0 Å². The summed E-state index contributed by atoms with van der Waals surface area (Å²) in [7, 11) is 0. The molecule has 20 heavy (non-hydrogen) atoms. The van der Waals surface area contributed by atoms with Crippen LogP contribution in [0.25, 0.3) is 0 Å². The Morgan fingerprint density at radius 2 is 1.30 bits per heavy atom. The molecule has 6 heteroatoms. The number of carboxylic acids is 2. The summed E-state index contributed by atoms with van der Waals surface area (Å²) in [6.45, 7) is 0. The first-order valence-electron chi connectivity index (χ1n) is 5.58. The molecule has 2 rings (SSSR count). The first kappa shape index (κ1) is 15.0. The van der Waals surface area contributed by atoms with Gasteiger partial charge in [0.1, 0.15) is 0 Å². The number of nitrogens with two attached hydrogens (primary N) is 2. The van der Waals surface area contributed by atoms with Gasteiger partial charge >= 0.3 is 11.9 Å². The van der Waals surface area contributed by atoms with Gasteiger partial charge in [0.2, 0.25) is 0 Å². The summed E-state index contributed by atoms with van der Waals surface area (Å²) in [6.07, 6.45) is 0. The molecule has 0 fully saturated rings. The van der Waals surface area contributed by atoms with E-state index in [0.717, 1.165) is 0 Å². The zero-order valence-corrected chi connectivity index (χ0v) is 10.5.